The summed E-state index contributed by atoms with van der Waals surface area (Å²) in [7, 11) is -1.53. The summed E-state index contributed by atoms with van der Waals surface area (Å²) in [6.45, 7) is 12.5. The number of hydrogen-bond acceptors (Lipinski definition) is 2. The summed E-state index contributed by atoms with van der Waals surface area (Å²) in [6, 6.07) is 4.19. The molecule has 0 spiro atoms. The minimum Gasteiger partial charge on any atom is -0.417 e. The van der Waals surface area contributed by atoms with Crippen LogP contribution >= 0.6 is 0 Å². The van der Waals surface area contributed by atoms with Gasteiger partial charge in [-0.3, -0.25) is 4.98 Å². The molecule has 1 aromatic rings. The summed E-state index contributed by atoms with van der Waals surface area (Å²) in [6.07, 6.45) is 11.4. The Labute approximate surface area is 132 Å². The molecule has 1 heterocycles. The van der Waals surface area contributed by atoms with Crippen LogP contribution in [0.3, 0.4) is 0 Å². The second-order valence-corrected chi connectivity index (χ2v) is 12.3. The van der Waals surface area contributed by atoms with Gasteiger partial charge in [0.1, 0.15) is 0 Å². The average Bonchev–Trinajstić information content (AvgIpc) is 2.41. The molecule has 0 aliphatic heterocycles. The molecule has 0 radical (unpaired) electrons. The van der Waals surface area contributed by atoms with Crippen molar-refractivity contribution in [3.05, 3.63) is 30.1 Å². The van der Waals surface area contributed by atoms with E-state index in [0.717, 1.165) is 13.0 Å². The van der Waals surface area contributed by atoms with Crippen LogP contribution in [0.25, 0.3) is 0 Å². The molecular weight excluding hydrogens is 274 g/mol. The molecule has 0 amide bonds. The fourth-order valence-corrected chi connectivity index (χ4v) is 3.14. The normalized spacial score (nSPS) is 12.6. The van der Waals surface area contributed by atoms with Crippen LogP contribution < -0.4 is 0 Å². The summed E-state index contributed by atoms with van der Waals surface area (Å²) in [5.74, 6) is 0. The van der Waals surface area contributed by atoms with Gasteiger partial charge in [-0.05, 0) is 49.0 Å². The van der Waals surface area contributed by atoms with E-state index >= 15 is 0 Å². The zero-order valence-corrected chi connectivity index (χ0v) is 15.6. The van der Waals surface area contributed by atoms with Crippen LogP contribution in [-0.2, 0) is 10.8 Å². The monoisotopic (exact) mass is 307 g/mol. The van der Waals surface area contributed by atoms with Crippen molar-refractivity contribution in [2.45, 2.75) is 77.4 Å². The van der Waals surface area contributed by atoms with E-state index in [1.165, 1.54) is 37.7 Å². The van der Waals surface area contributed by atoms with Crippen molar-refractivity contribution < 1.29 is 4.43 Å². The number of pyridine rings is 1. The molecule has 0 aliphatic rings. The smallest absolute Gasteiger partial charge is 0.191 e. The molecule has 0 atom stereocenters. The van der Waals surface area contributed by atoms with Crippen molar-refractivity contribution in [2.75, 3.05) is 6.61 Å². The minimum absolute atomic E-state index is 0.330. The highest BCUT2D eigenvalue weighted by Crippen LogP contribution is 2.36. The van der Waals surface area contributed by atoms with Gasteiger partial charge in [0, 0.05) is 19.0 Å². The lowest BCUT2D eigenvalue weighted by molar-refractivity contribution is 0.277. The lowest BCUT2D eigenvalue weighted by atomic mass is 10.1. The number of nitrogens with zero attached hydrogens (tertiary/aromatic N) is 1. The lowest BCUT2D eigenvalue weighted by Crippen LogP contribution is -2.40. The molecule has 0 aromatic carbocycles. The van der Waals surface area contributed by atoms with Gasteiger partial charge in [0.2, 0.25) is 0 Å². The van der Waals surface area contributed by atoms with Crippen LogP contribution in [0.4, 0.5) is 0 Å². The van der Waals surface area contributed by atoms with Gasteiger partial charge < -0.3 is 4.43 Å². The van der Waals surface area contributed by atoms with Crippen LogP contribution in [-0.4, -0.2) is 19.9 Å². The SMILES string of the molecule is CC(C)(C)[Si](C)(C)OCCCCCCCc1cccnc1. The average molecular weight is 308 g/mol. The van der Waals surface area contributed by atoms with E-state index in [0.29, 0.717) is 5.04 Å². The molecule has 0 unspecified atom stereocenters. The molecule has 120 valence electrons. The van der Waals surface area contributed by atoms with Gasteiger partial charge in [-0.15, -0.1) is 0 Å². The summed E-state index contributed by atoms with van der Waals surface area (Å²) in [5, 5.41) is 0.330. The predicted octanol–water partition coefficient (Wildman–Crippen LogP) is 5.60. The van der Waals surface area contributed by atoms with E-state index in [2.05, 4.69) is 44.9 Å². The standard InChI is InChI=1S/C18H33NOSi/c1-18(2,3)21(4,5)20-15-10-8-6-7-9-12-17-13-11-14-19-16-17/h11,13-14,16H,6-10,12,15H2,1-5H3. The van der Waals surface area contributed by atoms with E-state index in [1.54, 1.807) is 0 Å². The Morgan fingerprint density at radius 3 is 2.33 bits per heavy atom. The van der Waals surface area contributed by atoms with Crippen LogP contribution in [0, 0.1) is 0 Å². The number of hydrogen-bond donors (Lipinski definition) is 0. The lowest BCUT2D eigenvalue weighted by Gasteiger charge is -2.36. The first kappa shape index (κ1) is 18.4. The Bertz CT molecular complexity index is 384. The van der Waals surface area contributed by atoms with Crippen molar-refractivity contribution in [2.24, 2.45) is 0 Å². The van der Waals surface area contributed by atoms with Gasteiger partial charge in [-0.1, -0.05) is 46.1 Å². The number of unbranched alkanes of at least 4 members (excludes halogenated alkanes) is 4. The van der Waals surface area contributed by atoms with Gasteiger partial charge in [0.05, 0.1) is 0 Å². The highest BCUT2D eigenvalue weighted by atomic mass is 28.4. The van der Waals surface area contributed by atoms with Crippen molar-refractivity contribution in [1.82, 2.24) is 4.98 Å². The molecule has 0 saturated carbocycles. The molecular formula is C18H33NOSi. The molecule has 0 fully saturated rings. The fourth-order valence-electron chi connectivity index (χ4n) is 2.05. The first-order chi connectivity index (χ1) is 9.83. The summed E-state index contributed by atoms with van der Waals surface area (Å²) < 4.78 is 6.20. The Morgan fingerprint density at radius 1 is 1.05 bits per heavy atom. The third-order valence-electron chi connectivity index (χ3n) is 4.60. The second-order valence-electron chi connectivity index (χ2n) is 7.49. The summed E-state index contributed by atoms with van der Waals surface area (Å²) in [4.78, 5) is 4.15. The first-order valence-corrected chi connectivity index (χ1v) is 11.3. The van der Waals surface area contributed by atoms with Crippen molar-refractivity contribution >= 4 is 8.32 Å². The van der Waals surface area contributed by atoms with E-state index in [9.17, 15) is 0 Å². The van der Waals surface area contributed by atoms with E-state index < -0.39 is 8.32 Å². The quantitative estimate of drug-likeness (QED) is 0.438. The maximum Gasteiger partial charge on any atom is 0.191 e. The van der Waals surface area contributed by atoms with Gasteiger partial charge in [-0.25, -0.2) is 0 Å². The molecule has 0 N–H and O–H groups in total. The Hall–Kier alpha value is -0.673. The Balaban J connectivity index is 2.00. The fraction of sp³-hybridized carbons (Fsp3) is 0.722. The van der Waals surface area contributed by atoms with Crippen LogP contribution in [0.1, 0.15) is 58.4 Å². The zero-order valence-electron chi connectivity index (χ0n) is 14.6. The van der Waals surface area contributed by atoms with Gasteiger partial charge >= 0.3 is 0 Å². The van der Waals surface area contributed by atoms with E-state index in [-0.39, 0.29) is 0 Å². The van der Waals surface area contributed by atoms with E-state index in [4.69, 9.17) is 4.43 Å². The Kier molecular flexibility index (Phi) is 7.61. The molecule has 0 saturated heterocycles. The number of aromatic nitrogens is 1. The number of aryl methyl sites for hydroxylation is 1. The molecule has 3 heteroatoms. The van der Waals surface area contributed by atoms with Crippen molar-refractivity contribution in [3.8, 4) is 0 Å². The minimum atomic E-state index is -1.53. The number of rotatable bonds is 9. The van der Waals surface area contributed by atoms with E-state index in [1.807, 2.05) is 18.5 Å². The molecule has 0 bridgehead atoms. The summed E-state index contributed by atoms with van der Waals surface area (Å²) in [5.41, 5.74) is 1.36. The van der Waals surface area contributed by atoms with Crippen molar-refractivity contribution in [3.63, 3.8) is 0 Å². The molecule has 0 aliphatic carbocycles. The highest BCUT2D eigenvalue weighted by Gasteiger charge is 2.36. The zero-order chi connectivity index (χ0) is 15.8. The predicted molar refractivity (Wildman–Crippen MR) is 94.2 cm³/mol. The van der Waals surface area contributed by atoms with Crippen molar-refractivity contribution in [1.29, 1.82) is 0 Å². The maximum atomic E-state index is 6.20. The van der Waals surface area contributed by atoms with Gasteiger partial charge in [0.25, 0.3) is 0 Å². The van der Waals surface area contributed by atoms with Crippen LogP contribution in [0.5, 0.6) is 0 Å². The maximum absolute atomic E-state index is 6.20. The highest BCUT2D eigenvalue weighted by molar-refractivity contribution is 6.74. The molecule has 1 aromatic heterocycles. The third kappa shape index (κ3) is 7.23. The van der Waals surface area contributed by atoms with Crippen LogP contribution in [0.2, 0.25) is 18.1 Å². The van der Waals surface area contributed by atoms with Crippen LogP contribution in [0.15, 0.2) is 24.5 Å². The molecule has 1 rings (SSSR count). The first-order valence-electron chi connectivity index (χ1n) is 8.36. The molecule has 21 heavy (non-hydrogen) atoms. The third-order valence-corrected chi connectivity index (χ3v) is 9.14. The Morgan fingerprint density at radius 2 is 1.71 bits per heavy atom. The topological polar surface area (TPSA) is 22.1 Å². The van der Waals surface area contributed by atoms with Gasteiger partial charge in [-0.2, -0.15) is 0 Å². The van der Waals surface area contributed by atoms with Gasteiger partial charge in [0.15, 0.2) is 8.32 Å². The second kappa shape index (κ2) is 8.69. The summed E-state index contributed by atoms with van der Waals surface area (Å²) >= 11 is 0. The molecule has 2 nitrogen and oxygen atoms in total. The largest absolute Gasteiger partial charge is 0.417 e.